The summed E-state index contributed by atoms with van der Waals surface area (Å²) in [5.74, 6) is 2.00. The minimum atomic E-state index is -3.51. The molecule has 5 aromatic rings. The Kier molecular flexibility index (Phi) is 18.2. The lowest BCUT2D eigenvalue weighted by Crippen LogP contribution is -2.39. The van der Waals surface area contributed by atoms with E-state index < -0.39 is 37.7 Å². The van der Waals surface area contributed by atoms with Gasteiger partial charge in [-0.3, -0.25) is 26.2 Å². The summed E-state index contributed by atoms with van der Waals surface area (Å²) in [6.45, 7) is 1.16. The van der Waals surface area contributed by atoms with Crippen LogP contribution in [-0.2, 0) is 30.6 Å². The third-order valence-electron chi connectivity index (χ3n) is 13.7. The van der Waals surface area contributed by atoms with E-state index in [-0.39, 0.29) is 5.46 Å². The van der Waals surface area contributed by atoms with Crippen molar-refractivity contribution >= 4 is 125 Å². The molecule has 23 heteroatoms. The fraction of sp³-hybridized carbons (Fsp3) is 0.360. The van der Waals surface area contributed by atoms with Gasteiger partial charge in [-0.2, -0.15) is 35.8 Å². The van der Waals surface area contributed by atoms with E-state index in [0.29, 0.717) is 53.1 Å². The Bertz CT molecular complexity index is 3240. The number of fused-ring (bicyclic) bond motifs is 3. The second-order valence-corrected chi connectivity index (χ2v) is 26.3. The first kappa shape index (κ1) is 55.9. The molecular formula is C50H56BBr3N8O8S3. The maximum atomic E-state index is 12.8. The first-order chi connectivity index (χ1) is 34.7. The van der Waals surface area contributed by atoms with Gasteiger partial charge in [0.2, 0.25) is 0 Å². The summed E-state index contributed by atoms with van der Waals surface area (Å²) in [5.41, 5.74) is 7.02. The van der Waals surface area contributed by atoms with Crippen LogP contribution in [0, 0.1) is 40.4 Å². The summed E-state index contributed by atoms with van der Waals surface area (Å²) in [6.07, 6.45) is 11.3. The molecule has 3 fully saturated rings. The zero-order chi connectivity index (χ0) is 52.8. The molecule has 6 aliphatic rings. The van der Waals surface area contributed by atoms with E-state index in [1.54, 1.807) is 54.8 Å². The maximum Gasteiger partial charge on any atom is 0.489 e. The number of nitrogens with zero attached hydrogens (tertiary/aromatic N) is 7. The van der Waals surface area contributed by atoms with Gasteiger partial charge in [-0.15, -0.1) is 0 Å². The van der Waals surface area contributed by atoms with Crippen LogP contribution in [0.4, 0.5) is 34.1 Å². The molecule has 3 aliphatic heterocycles. The highest BCUT2D eigenvalue weighted by Crippen LogP contribution is 2.45. The van der Waals surface area contributed by atoms with Gasteiger partial charge in [-0.25, -0.2) is 0 Å². The van der Waals surface area contributed by atoms with Gasteiger partial charge < -0.3 is 10.0 Å². The second kappa shape index (κ2) is 23.8. The molecule has 0 aromatic heterocycles. The number of nitrogens with one attached hydrogen (secondary N) is 1. The number of rotatable bonds is 7. The van der Waals surface area contributed by atoms with E-state index in [0.717, 1.165) is 68.7 Å². The molecule has 0 amide bonds. The molecule has 16 nitrogen and oxygen atoms in total. The predicted molar refractivity (Wildman–Crippen MR) is 302 cm³/mol. The lowest BCUT2D eigenvalue weighted by Gasteiger charge is -2.30. The molecule has 0 spiro atoms. The first-order valence-corrected chi connectivity index (χ1v) is 30.6. The number of hydrogen-bond donors (Lipinski definition) is 3. The number of benzene rings is 5. The van der Waals surface area contributed by atoms with Crippen LogP contribution >= 0.6 is 47.8 Å². The van der Waals surface area contributed by atoms with Crippen molar-refractivity contribution in [3.63, 3.8) is 0 Å². The molecule has 0 atom stereocenters. The predicted octanol–water partition coefficient (Wildman–Crippen LogP) is 9.25. The quantitative estimate of drug-likeness (QED) is 0.104. The smallest absolute Gasteiger partial charge is 0.423 e. The number of halogens is 3. The molecule has 3 N–H and O–H groups in total. The molecule has 3 saturated carbocycles. The third-order valence-corrected chi connectivity index (χ3v) is 20.6. The highest BCUT2D eigenvalue weighted by Gasteiger charge is 2.41. The number of alkyl halides is 1. The molecule has 11 rings (SSSR count). The van der Waals surface area contributed by atoms with Crippen molar-refractivity contribution in [2.45, 2.75) is 57.8 Å². The molecule has 3 heterocycles. The molecule has 0 bridgehead atoms. The van der Waals surface area contributed by atoms with Gasteiger partial charge >= 0.3 is 37.7 Å². The molecule has 5 aromatic carbocycles. The molecule has 0 radical (unpaired) electrons. The summed E-state index contributed by atoms with van der Waals surface area (Å²) in [4.78, 5) is 0. The van der Waals surface area contributed by atoms with E-state index in [4.69, 9.17) is 15.3 Å². The van der Waals surface area contributed by atoms with Crippen LogP contribution in [0.2, 0.25) is 0 Å². The van der Waals surface area contributed by atoms with Crippen molar-refractivity contribution in [1.29, 1.82) is 10.5 Å². The number of hydrogen-bond acceptors (Lipinski definition) is 10. The zero-order valence-corrected chi connectivity index (χ0v) is 47.7. The zero-order valence-electron chi connectivity index (χ0n) is 40.4. The highest BCUT2D eigenvalue weighted by molar-refractivity contribution is 9.10. The monoisotopic (exact) mass is 1240 g/mol. The van der Waals surface area contributed by atoms with E-state index in [1.807, 2.05) is 60.7 Å². The topological polar surface area (TPSA) is 219 Å². The maximum absolute atomic E-state index is 12.8. The summed E-state index contributed by atoms with van der Waals surface area (Å²) in [6, 6.07) is 34.3. The van der Waals surface area contributed by atoms with E-state index in [1.165, 1.54) is 73.8 Å². The van der Waals surface area contributed by atoms with Crippen LogP contribution in [0.15, 0.2) is 112 Å². The summed E-state index contributed by atoms with van der Waals surface area (Å²) in [7, 11) is -7.06. The van der Waals surface area contributed by atoms with Gasteiger partial charge in [-0.1, -0.05) is 110 Å². The Morgan fingerprint density at radius 3 is 1.52 bits per heavy atom. The van der Waals surface area contributed by atoms with Crippen molar-refractivity contribution in [1.82, 2.24) is 0 Å². The van der Waals surface area contributed by atoms with Gasteiger partial charge in [0.25, 0.3) is 0 Å². The van der Waals surface area contributed by atoms with Crippen molar-refractivity contribution < 1.29 is 35.3 Å². The molecule has 0 saturated heterocycles. The lowest BCUT2D eigenvalue weighted by molar-refractivity contribution is 0.326. The lowest BCUT2D eigenvalue weighted by atomic mass is 9.77. The molecule has 386 valence electrons. The van der Waals surface area contributed by atoms with Crippen LogP contribution in [0.1, 0.15) is 68.9 Å². The van der Waals surface area contributed by atoms with Crippen molar-refractivity contribution in [2.75, 3.05) is 65.8 Å². The SMILES string of the molecule is BrCC1CCC1.CN1c2cc(-c3ccccc3C#N)ccc2N(CC2CCC2)S1(=O)=O.CN1c2cc(Br)ccc2N(CC2CCC2)S1(=O)=O.CN1c2cc(Br)ccc2NS1(=O)=O.N#Cc1ccccc1B(O)O. The van der Waals surface area contributed by atoms with Gasteiger partial charge in [0, 0.05) is 48.5 Å². The Hall–Kier alpha value is -4.85. The van der Waals surface area contributed by atoms with Crippen molar-refractivity contribution in [3.8, 4) is 23.3 Å². The highest BCUT2D eigenvalue weighted by atomic mass is 79.9. The van der Waals surface area contributed by atoms with E-state index in [2.05, 4.69) is 58.6 Å². The van der Waals surface area contributed by atoms with Crippen molar-refractivity contribution in [2.24, 2.45) is 17.8 Å². The Labute approximate surface area is 455 Å². The molecule has 3 aliphatic carbocycles. The van der Waals surface area contributed by atoms with Crippen LogP contribution in [-0.4, -0.2) is 82.0 Å². The number of nitriles is 2. The van der Waals surface area contributed by atoms with Crippen molar-refractivity contribution in [3.05, 3.63) is 123 Å². The third kappa shape index (κ3) is 12.5. The standard InChI is InChI=1S/C19H19N3O2S.C12H15BrN2O2S.C7H6BNO2.C7H7BrN2O2S.C5H9Br/c1-21-19-11-15(17-8-3-2-7-16(17)12-20)9-10-18(19)22(25(21,23)24)13-14-5-4-6-14;1-14-12-7-10(13)5-6-11(12)15(18(14,16)17)8-9-3-2-4-9;9-5-6-3-1-2-4-7(6)8(10)11;1-10-7-4-5(8)2-3-6(7)9-13(10,11)12;6-4-5-2-1-3-5/h2-3,7-11,14H,4-6,13H2,1H3;5-7,9H,2-4,8H2,1H3;1-4,10-11H;2-4,9H,1H3;5H,1-4H2. The Morgan fingerprint density at radius 2 is 1.05 bits per heavy atom. The van der Waals surface area contributed by atoms with Crippen LogP contribution in [0.25, 0.3) is 11.1 Å². The molecule has 0 unspecified atom stereocenters. The van der Waals surface area contributed by atoms with E-state index >= 15 is 0 Å². The second-order valence-electron chi connectivity index (χ2n) is 18.4. The fourth-order valence-electron chi connectivity index (χ4n) is 8.60. The molecule has 73 heavy (non-hydrogen) atoms. The average molecular weight is 1240 g/mol. The van der Waals surface area contributed by atoms with Gasteiger partial charge in [-0.05, 0) is 134 Å². The summed E-state index contributed by atoms with van der Waals surface area (Å²) >= 11 is 10.1. The van der Waals surface area contributed by atoms with Crippen LogP contribution in [0.3, 0.4) is 0 Å². The van der Waals surface area contributed by atoms with Gasteiger partial charge in [0.15, 0.2) is 0 Å². The van der Waals surface area contributed by atoms with Crippen LogP contribution < -0.4 is 31.7 Å². The normalized spacial score (nSPS) is 18.2. The Morgan fingerprint density at radius 1 is 0.589 bits per heavy atom. The summed E-state index contributed by atoms with van der Waals surface area (Å²) < 4.78 is 84.2. The minimum Gasteiger partial charge on any atom is -0.423 e. The minimum absolute atomic E-state index is 0.245. The fourth-order valence-corrected chi connectivity index (χ4v) is 13.9. The average Bonchev–Trinajstić information content (AvgIpc) is 3.76. The largest absolute Gasteiger partial charge is 0.489 e. The molecular weight excluding hydrogens is 1190 g/mol. The van der Waals surface area contributed by atoms with E-state index in [9.17, 15) is 30.5 Å². The van der Waals surface area contributed by atoms with Crippen LogP contribution in [0.5, 0.6) is 0 Å². The summed E-state index contributed by atoms with van der Waals surface area (Å²) in [5, 5.41) is 36.5. The van der Waals surface area contributed by atoms with Gasteiger partial charge in [0.1, 0.15) is 0 Å². The Balaban J connectivity index is 0.000000143. The van der Waals surface area contributed by atoms with Gasteiger partial charge in [0.05, 0.1) is 57.4 Å². The number of anilines is 6. The first-order valence-electron chi connectivity index (χ1n) is 23.6.